The molecular weight excluding hydrogens is 310 g/mol. The zero-order valence-electron chi connectivity index (χ0n) is 14.2. The molecule has 0 bridgehead atoms. The summed E-state index contributed by atoms with van der Waals surface area (Å²) in [4.78, 5) is 0. The standard InChI is InChI=1S/C22H23NO2/c23-12-11-20-18-10-9-16(25)13-21(18)17-3-1-2-4-19(17)22(20)14-5-7-15(24)8-6-14/h5-10,13,17,19-20,22,24-25H,1-4,11H2/t17-,19+,20+,22+/m1/s1. The van der Waals surface area contributed by atoms with Crippen molar-refractivity contribution in [2.45, 2.75) is 49.9 Å². The van der Waals surface area contributed by atoms with Crippen LogP contribution in [0.15, 0.2) is 42.5 Å². The van der Waals surface area contributed by atoms with Crippen molar-refractivity contribution in [3.63, 3.8) is 0 Å². The van der Waals surface area contributed by atoms with E-state index >= 15 is 0 Å². The van der Waals surface area contributed by atoms with E-state index in [-0.39, 0.29) is 11.7 Å². The maximum atomic E-state index is 10.0. The predicted molar refractivity (Wildman–Crippen MR) is 96.6 cm³/mol. The summed E-state index contributed by atoms with van der Waals surface area (Å²) < 4.78 is 0. The van der Waals surface area contributed by atoms with Crippen molar-refractivity contribution < 1.29 is 10.2 Å². The molecule has 0 saturated heterocycles. The number of rotatable bonds is 2. The SMILES string of the molecule is N#CC[C@H]1c2ccc(O)cc2[C@@H]2CCCC[C@@H]2[C@@H]1c1ccc(O)cc1. The third-order valence-corrected chi connectivity index (χ3v) is 6.17. The van der Waals surface area contributed by atoms with Crippen molar-refractivity contribution in [1.82, 2.24) is 0 Å². The molecule has 0 radical (unpaired) electrons. The predicted octanol–water partition coefficient (Wildman–Crippen LogP) is 5.17. The summed E-state index contributed by atoms with van der Waals surface area (Å²) in [6.45, 7) is 0. The number of hydrogen-bond acceptors (Lipinski definition) is 3. The second-order valence-corrected chi connectivity index (χ2v) is 7.45. The molecule has 1 saturated carbocycles. The maximum Gasteiger partial charge on any atom is 0.115 e. The highest BCUT2D eigenvalue weighted by Gasteiger charge is 2.44. The average molecular weight is 333 g/mol. The quantitative estimate of drug-likeness (QED) is 0.797. The molecule has 0 spiro atoms. The highest BCUT2D eigenvalue weighted by atomic mass is 16.3. The summed E-state index contributed by atoms with van der Waals surface area (Å²) in [5, 5.41) is 29.1. The first-order valence-electron chi connectivity index (χ1n) is 9.17. The first-order valence-corrected chi connectivity index (χ1v) is 9.17. The number of benzene rings is 2. The molecule has 1 fully saturated rings. The second-order valence-electron chi connectivity index (χ2n) is 7.45. The number of nitrogens with zero attached hydrogens (tertiary/aromatic N) is 1. The Labute approximate surface area is 148 Å². The Bertz CT molecular complexity index is 806. The largest absolute Gasteiger partial charge is 0.508 e. The van der Waals surface area contributed by atoms with Crippen molar-refractivity contribution >= 4 is 0 Å². The van der Waals surface area contributed by atoms with Gasteiger partial charge in [-0.05, 0) is 71.6 Å². The minimum atomic E-state index is 0.143. The summed E-state index contributed by atoms with van der Waals surface area (Å²) in [5.41, 5.74) is 3.69. The van der Waals surface area contributed by atoms with Crippen LogP contribution in [0.4, 0.5) is 0 Å². The fourth-order valence-electron chi connectivity index (χ4n) is 5.20. The van der Waals surface area contributed by atoms with Crippen LogP contribution < -0.4 is 0 Å². The van der Waals surface area contributed by atoms with E-state index in [1.165, 1.54) is 29.5 Å². The summed E-state index contributed by atoms with van der Waals surface area (Å²) in [5.74, 6) is 1.98. The Hall–Kier alpha value is -2.47. The molecule has 0 amide bonds. The van der Waals surface area contributed by atoms with E-state index in [9.17, 15) is 15.5 Å². The van der Waals surface area contributed by atoms with Gasteiger partial charge < -0.3 is 10.2 Å². The Morgan fingerprint density at radius 2 is 1.64 bits per heavy atom. The minimum absolute atomic E-state index is 0.143. The summed E-state index contributed by atoms with van der Waals surface area (Å²) >= 11 is 0. The number of nitriles is 1. The first-order chi connectivity index (χ1) is 12.2. The molecule has 4 atom stereocenters. The van der Waals surface area contributed by atoms with Gasteiger partial charge in [0, 0.05) is 12.3 Å². The van der Waals surface area contributed by atoms with E-state index < -0.39 is 0 Å². The smallest absolute Gasteiger partial charge is 0.115 e. The van der Waals surface area contributed by atoms with Gasteiger partial charge in [0.2, 0.25) is 0 Å². The van der Waals surface area contributed by atoms with Crippen LogP contribution in [-0.4, -0.2) is 10.2 Å². The van der Waals surface area contributed by atoms with Crippen molar-refractivity contribution in [3.05, 3.63) is 59.2 Å². The van der Waals surface area contributed by atoms with Crippen molar-refractivity contribution in [2.75, 3.05) is 0 Å². The van der Waals surface area contributed by atoms with Crippen LogP contribution in [0.25, 0.3) is 0 Å². The molecule has 2 aliphatic carbocycles. The van der Waals surface area contributed by atoms with Crippen LogP contribution in [0, 0.1) is 17.2 Å². The van der Waals surface area contributed by atoms with Crippen LogP contribution in [-0.2, 0) is 0 Å². The van der Waals surface area contributed by atoms with Gasteiger partial charge in [0.05, 0.1) is 6.07 Å². The summed E-state index contributed by atoms with van der Waals surface area (Å²) in [6, 6.07) is 15.6. The van der Waals surface area contributed by atoms with Gasteiger partial charge in [0.15, 0.2) is 0 Å². The summed E-state index contributed by atoms with van der Waals surface area (Å²) in [6.07, 6.45) is 5.24. The second kappa shape index (κ2) is 6.44. The van der Waals surface area contributed by atoms with Crippen molar-refractivity contribution in [1.29, 1.82) is 5.26 Å². The molecule has 3 heteroatoms. The van der Waals surface area contributed by atoms with Gasteiger partial charge in [-0.2, -0.15) is 5.26 Å². The average Bonchev–Trinajstić information content (AvgIpc) is 2.63. The molecule has 25 heavy (non-hydrogen) atoms. The van der Waals surface area contributed by atoms with Crippen LogP contribution >= 0.6 is 0 Å². The van der Waals surface area contributed by atoms with E-state index in [1.807, 2.05) is 24.3 Å². The lowest BCUT2D eigenvalue weighted by Gasteiger charge is -2.47. The Morgan fingerprint density at radius 3 is 2.40 bits per heavy atom. The molecule has 2 aromatic rings. The molecule has 2 N–H and O–H groups in total. The van der Waals surface area contributed by atoms with Crippen LogP contribution in [0.2, 0.25) is 0 Å². The van der Waals surface area contributed by atoms with Crippen LogP contribution in [0.1, 0.15) is 66.5 Å². The third kappa shape index (κ3) is 2.76. The van der Waals surface area contributed by atoms with Gasteiger partial charge in [-0.25, -0.2) is 0 Å². The monoisotopic (exact) mass is 333 g/mol. The van der Waals surface area contributed by atoms with Gasteiger partial charge >= 0.3 is 0 Å². The zero-order chi connectivity index (χ0) is 17.4. The topological polar surface area (TPSA) is 64.2 Å². The Kier molecular flexibility index (Phi) is 4.13. The summed E-state index contributed by atoms with van der Waals surface area (Å²) in [7, 11) is 0. The number of hydrogen-bond donors (Lipinski definition) is 2. The molecular formula is C22H23NO2. The zero-order valence-corrected chi connectivity index (χ0v) is 14.2. The lowest BCUT2D eigenvalue weighted by Crippen LogP contribution is -2.33. The van der Waals surface area contributed by atoms with E-state index in [4.69, 9.17) is 0 Å². The molecule has 0 aromatic heterocycles. The van der Waals surface area contributed by atoms with Gasteiger partial charge in [-0.15, -0.1) is 0 Å². The molecule has 3 nitrogen and oxygen atoms in total. The first kappa shape index (κ1) is 16.0. The lowest BCUT2D eigenvalue weighted by molar-refractivity contribution is 0.218. The number of phenols is 2. The Balaban J connectivity index is 1.87. The highest BCUT2D eigenvalue weighted by Crippen LogP contribution is 2.57. The lowest BCUT2D eigenvalue weighted by atomic mass is 9.57. The van der Waals surface area contributed by atoms with Crippen molar-refractivity contribution in [2.24, 2.45) is 5.92 Å². The third-order valence-electron chi connectivity index (χ3n) is 6.17. The molecule has 0 unspecified atom stereocenters. The fourth-order valence-corrected chi connectivity index (χ4v) is 5.20. The van der Waals surface area contributed by atoms with Gasteiger partial charge in [0.1, 0.15) is 11.5 Å². The molecule has 4 rings (SSSR count). The number of aromatic hydroxyl groups is 2. The Morgan fingerprint density at radius 1 is 0.920 bits per heavy atom. The van der Waals surface area contributed by atoms with Gasteiger partial charge in [-0.3, -0.25) is 0 Å². The molecule has 2 aromatic carbocycles. The van der Waals surface area contributed by atoms with Gasteiger partial charge in [0.25, 0.3) is 0 Å². The number of phenolic OH excluding ortho intramolecular Hbond substituents is 2. The molecule has 128 valence electrons. The molecule has 2 aliphatic rings. The maximum absolute atomic E-state index is 10.0. The van der Waals surface area contributed by atoms with E-state index in [1.54, 1.807) is 18.2 Å². The molecule has 0 heterocycles. The van der Waals surface area contributed by atoms with Gasteiger partial charge in [-0.1, -0.05) is 31.0 Å². The highest BCUT2D eigenvalue weighted by molar-refractivity contribution is 5.46. The van der Waals surface area contributed by atoms with E-state index in [2.05, 4.69) is 6.07 Å². The van der Waals surface area contributed by atoms with Crippen molar-refractivity contribution in [3.8, 4) is 17.6 Å². The number of fused-ring (bicyclic) bond motifs is 3. The van der Waals surface area contributed by atoms with E-state index in [0.29, 0.717) is 29.9 Å². The van der Waals surface area contributed by atoms with Crippen LogP contribution in [0.3, 0.4) is 0 Å². The molecule has 0 aliphatic heterocycles. The minimum Gasteiger partial charge on any atom is -0.508 e. The normalized spacial score (nSPS) is 27.8. The van der Waals surface area contributed by atoms with E-state index in [0.717, 1.165) is 12.8 Å². The fraction of sp³-hybridized carbons (Fsp3) is 0.409. The van der Waals surface area contributed by atoms with Crippen LogP contribution in [0.5, 0.6) is 11.5 Å².